The Hall–Kier alpha value is -3.59. The highest BCUT2D eigenvalue weighted by molar-refractivity contribution is 5.77. The van der Waals surface area contributed by atoms with Crippen LogP contribution < -0.4 is 10.1 Å². The number of alkyl halides is 6. The van der Waals surface area contributed by atoms with Crippen molar-refractivity contribution in [3.05, 3.63) is 63.2 Å². The summed E-state index contributed by atoms with van der Waals surface area (Å²) in [5.41, 5.74) is -2.29. The van der Waals surface area contributed by atoms with Gasteiger partial charge in [-0.2, -0.15) is 26.3 Å². The second kappa shape index (κ2) is 13.0. The standard InChI is InChI=1S/C30H34F6N4O5/c1-18(27-15-19-14-20(29(31,32)33)2-9-26(19)45-27)38-10-12-39(13-11-38)28(41)17-44-23-6-3-21(4-7-23)37-22-5-8-25(40(42)43)24(16-22)30(34,35)36/h2,5,8-9,14,16,18,21,23,27,37H,3-4,6-7,10-13,15,17H2,1H3. The molecular formula is C30H34F6N4O5. The van der Waals surface area contributed by atoms with E-state index in [4.69, 9.17) is 9.47 Å². The summed E-state index contributed by atoms with van der Waals surface area (Å²) in [6, 6.07) is 6.22. The predicted octanol–water partition coefficient (Wildman–Crippen LogP) is 5.91. The molecule has 2 aromatic rings. The van der Waals surface area contributed by atoms with Crippen LogP contribution in [0.3, 0.4) is 0 Å². The van der Waals surface area contributed by atoms with Gasteiger partial charge in [-0.1, -0.05) is 0 Å². The molecule has 45 heavy (non-hydrogen) atoms. The second-order valence-electron chi connectivity index (χ2n) is 11.8. The summed E-state index contributed by atoms with van der Waals surface area (Å²) in [7, 11) is 0. The number of ether oxygens (including phenoxy) is 2. The quantitative estimate of drug-likeness (QED) is 0.217. The minimum Gasteiger partial charge on any atom is -0.488 e. The Morgan fingerprint density at radius 1 is 1.02 bits per heavy atom. The molecule has 0 bridgehead atoms. The third-order valence-electron chi connectivity index (χ3n) is 8.85. The van der Waals surface area contributed by atoms with Gasteiger partial charge in [-0.3, -0.25) is 19.8 Å². The highest BCUT2D eigenvalue weighted by Crippen LogP contribution is 2.39. The summed E-state index contributed by atoms with van der Waals surface area (Å²) in [6.07, 6.45) is -6.95. The maximum atomic E-state index is 13.3. The number of benzene rings is 2. The third kappa shape index (κ3) is 7.80. The third-order valence-corrected chi connectivity index (χ3v) is 8.85. The van der Waals surface area contributed by atoms with Gasteiger partial charge in [-0.05, 0) is 68.5 Å². The highest BCUT2D eigenvalue weighted by atomic mass is 19.4. The van der Waals surface area contributed by atoms with Gasteiger partial charge in [0.1, 0.15) is 24.0 Å². The molecule has 0 spiro atoms. The molecule has 2 atom stereocenters. The molecule has 3 aliphatic rings. The molecule has 1 saturated carbocycles. The van der Waals surface area contributed by atoms with Crippen LogP contribution in [0.15, 0.2) is 36.4 Å². The van der Waals surface area contributed by atoms with Crippen molar-refractivity contribution in [3.8, 4) is 5.75 Å². The van der Waals surface area contributed by atoms with Crippen molar-refractivity contribution < 1.29 is 45.5 Å². The number of nitrogens with one attached hydrogen (secondary N) is 1. The lowest BCUT2D eigenvalue weighted by molar-refractivity contribution is -0.388. The Kier molecular flexibility index (Phi) is 9.49. The molecule has 15 heteroatoms. The van der Waals surface area contributed by atoms with Crippen molar-refractivity contribution in [1.29, 1.82) is 0 Å². The summed E-state index contributed by atoms with van der Waals surface area (Å²) in [6.45, 7) is 4.04. The van der Waals surface area contributed by atoms with E-state index < -0.39 is 34.1 Å². The van der Waals surface area contributed by atoms with Crippen LogP contribution in [0, 0.1) is 10.1 Å². The number of nitrogens with zero attached hydrogens (tertiary/aromatic N) is 3. The fraction of sp³-hybridized carbons (Fsp3) is 0.567. The number of carbonyl (C=O) groups is 1. The number of anilines is 1. The second-order valence-corrected chi connectivity index (χ2v) is 11.8. The number of carbonyl (C=O) groups excluding carboxylic acids is 1. The van der Waals surface area contributed by atoms with Crippen molar-refractivity contribution >= 4 is 17.3 Å². The van der Waals surface area contributed by atoms with E-state index in [0.29, 0.717) is 69.6 Å². The van der Waals surface area contributed by atoms with Crippen molar-refractivity contribution in [2.75, 3.05) is 38.1 Å². The number of amides is 1. The smallest absolute Gasteiger partial charge is 0.423 e. The van der Waals surface area contributed by atoms with Crippen LogP contribution in [0.4, 0.5) is 37.7 Å². The lowest BCUT2D eigenvalue weighted by Crippen LogP contribution is -2.55. The number of hydrogen-bond acceptors (Lipinski definition) is 7. The lowest BCUT2D eigenvalue weighted by Gasteiger charge is -2.39. The Labute approximate surface area is 255 Å². The minimum atomic E-state index is -4.85. The largest absolute Gasteiger partial charge is 0.488 e. The first-order valence-corrected chi connectivity index (χ1v) is 14.8. The minimum absolute atomic E-state index is 0.0601. The van der Waals surface area contributed by atoms with Gasteiger partial charge in [0.15, 0.2) is 0 Å². The van der Waals surface area contributed by atoms with Crippen LogP contribution in [0.5, 0.6) is 5.75 Å². The van der Waals surface area contributed by atoms with Crippen LogP contribution in [-0.2, 0) is 28.3 Å². The summed E-state index contributed by atoms with van der Waals surface area (Å²) in [4.78, 5) is 26.7. The lowest BCUT2D eigenvalue weighted by atomic mass is 9.92. The van der Waals surface area contributed by atoms with E-state index in [9.17, 15) is 41.3 Å². The SMILES string of the molecule is CC(C1Cc2cc(C(F)(F)F)ccc2O1)N1CCN(C(=O)COC2CCC(Nc3ccc([N+](=O)[O-])c(C(F)(F)F)c3)CC2)CC1. The highest BCUT2D eigenvalue weighted by Gasteiger charge is 2.39. The average Bonchev–Trinajstić information content (AvgIpc) is 3.43. The van der Waals surface area contributed by atoms with Crippen molar-refractivity contribution in [2.45, 2.75) is 75.7 Å². The molecule has 1 saturated heterocycles. The normalized spacial score (nSPS) is 23.3. The van der Waals surface area contributed by atoms with Crippen LogP contribution in [0.25, 0.3) is 0 Å². The number of rotatable bonds is 8. The van der Waals surface area contributed by atoms with E-state index >= 15 is 0 Å². The zero-order valence-electron chi connectivity index (χ0n) is 24.5. The maximum absolute atomic E-state index is 13.3. The van der Waals surface area contributed by atoms with Crippen LogP contribution in [0.2, 0.25) is 0 Å². The van der Waals surface area contributed by atoms with Gasteiger partial charge >= 0.3 is 12.4 Å². The molecular weight excluding hydrogens is 610 g/mol. The summed E-state index contributed by atoms with van der Waals surface area (Å²) < 4.78 is 91.0. The van der Waals surface area contributed by atoms with E-state index in [1.807, 2.05) is 6.92 Å². The van der Waals surface area contributed by atoms with Gasteiger partial charge in [-0.15, -0.1) is 0 Å². The fourth-order valence-corrected chi connectivity index (χ4v) is 6.24. The topological polar surface area (TPSA) is 97.2 Å². The average molecular weight is 645 g/mol. The molecule has 1 amide bonds. The van der Waals surface area contributed by atoms with E-state index in [-0.39, 0.29) is 42.5 Å². The molecule has 0 aromatic heterocycles. The molecule has 5 rings (SSSR count). The Balaban J connectivity index is 1.03. The van der Waals surface area contributed by atoms with Gasteiger partial charge in [0.05, 0.1) is 16.6 Å². The summed E-state index contributed by atoms with van der Waals surface area (Å²) in [5, 5.41) is 14.0. The van der Waals surface area contributed by atoms with Gasteiger partial charge in [0, 0.05) is 56.4 Å². The van der Waals surface area contributed by atoms with Gasteiger partial charge in [0.2, 0.25) is 5.91 Å². The van der Waals surface area contributed by atoms with Crippen molar-refractivity contribution in [1.82, 2.24) is 9.80 Å². The summed E-state index contributed by atoms with van der Waals surface area (Å²) in [5.74, 6) is 0.329. The van der Waals surface area contributed by atoms with Gasteiger partial charge in [0.25, 0.3) is 5.69 Å². The van der Waals surface area contributed by atoms with Crippen LogP contribution in [0.1, 0.15) is 49.3 Å². The molecule has 0 radical (unpaired) electrons. The number of halogens is 6. The molecule has 2 aliphatic heterocycles. The van der Waals surface area contributed by atoms with Crippen LogP contribution in [-0.4, -0.2) is 77.7 Å². The molecule has 246 valence electrons. The van der Waals surface area contributed by atoms with E-state index in [1.54, 1.807) is 4.90 Å². The summed E-state index contributed by atoms with van der Waals surface area (Å²) >= 11 is 0. The number of hydrogen-bond donors (Lipinski definition) is 1. The number of fused-ring (bicyclic) bond motifs is 1. The van der Waals surface area contributed by atoms with E-state index in [1.165, 1.54) is 12.1 Å². The Bertz CT molecular complexity index is 1390. The van der Waals surface area contributed by atoms with Gasteiger partial charge in [-0.25, -0.2) is 0 Å². The number of nitro groups is 1. The molecule has 2 aromatic carbocycles. The Morgan fingerprint density at radius 2 is 1.71 bits per heavy atom. The van der Waals surface area contributed by atoms with E-state index in [2.05, 4.69) is 10.2 Å². The molecule has 1 N–H and O–H groups in total. The Morgan fingerprint density at radius 3 is 2.33 bits per heavy atom. The molecule has 1 aliphatic carbocycles. The molecule has 9 nitrogen and oxygen atoms in total. The molecule has 2 heterocycles. The first-order valence-electron chi connectivity index (χ1n) is 14.8. The van der Waals surface area contributed by atoms with E-state index in [0.717, 1.165) is 24.3 Å². The first kappa shape index (κ1) is 32.8. The molecule has 2 unspecified atom stereocenters. The van der Waals surface area contributed by atoms with Gasteiger partial charge < -0.3 is 19.7 Å². The number of nitro benzene ring substituents is 1. The monoisotopic (exact) mass is 644 g/mol. The zero-order chi connectivity index (χ0) is 32.5. The van der Waals surface area contributed by atoms with Crippen molar-refractivity contribution in [3.63, 3.8) is 0 Å². The molecule has 2 fully saturated rings. The number of piperazine rings is 1. The first-order chi connectivity index (χ1) is 21.2. The van der Waals surface area contributed by atoms with Crippen molar-refractivity contribution in [2.24, 2.45) is 0 Å². The van der Waals surface area contributed by atoms with Crippen LogP contribution >= 0.6 is 0 Å². The predicted molar refractivity (Wildman–Crippen MR) is 151 cm³/mol. The zero-order valence-corrected chi connectivity index (χ0v) is 24.5. The fourth-order valence-electron chi connectivity index (χ4n) is 6.24. The maximum Gasteiger partial charge on any atom is 0.423 e.